The number of halogens is 2. The molecule has 0 aliphatic carbocycles. The number of aliphatic hydroxyl groups is 1. The monoisotopic (exact) mass is 299 g/mol. The number of rotatable bonds is 2. The highest BCUT2D eigenvalue weighted by molar-refractivity contribution is 9.10. The van der Waals surface area contributed by atoms with Crippen molar-refractivity contribution < 1.29 is 14.2 Å². The molecule has 0 bridgehead atoms. The molecule has 90 valence electrons. The van der Waals surface area contributed by atoms with Crippen molar-refractivity contribution in [3.8, 4) is 6.07 Å². The van der Waals surface area contributed by atoms with Crippen molar-refractivity contribution in [3.63, 3.8) is 0 Å². The van der Waals surface area contributed by atoms with Crippen LogP contribution in [0.1, 0.15) is 18.1 Å². The fourth-order valence-corrected chi connectivity index (χ4v) is 2.53. The minimum atomic E-state index is -0.982. The van der Waals surface area contributed by atoms with Crippen molar-refractivity contribution >= 4 is 15.9 Å². The Hall–Kier alpha value is -0.960. The van der Waals surface area contributed by atoms with Crippen LogP contribution in [0.25, 0.3) is 0 Å². The van der Waals surface area contributed by atoms with Crippen molar-refractivity contribution in [1.82, 2.24) is 0 Å². The first kappa shape index (κ1) is 12.5. The Morgan fingerprint density at radius 2 is 2.35 bits per heavy atom. The van der Waals surface area contributed by atoms with Gasteiger partial charge in [0.2, 0.25) is 0 Å². The van der Waals surface area contributed by atoms with Crippen molar-refractivity contribution in [3.05, 3.63) is 34.1 Å². The molecule has 0 spiro atoms. The molecule has 0 amide bonds. The smallest absolute Gasteiger partial charge is 0.124 e. The summed E-state index contributed by atoms with van der Waals surface area (Å²) >= 11 is 3.20. The van der Waals surface area contributed by atoms with Crippen molar-refractivity contribution in [2.75, 3.05) is 13.2 Å². The molecule has 1 aromatic carbocycles. The quantitative estimate of drug-likeness (QED) is 0.913. The van der Waals surface area contributed by atoms with E-state index in [9.17, 15) is 14.8 Å². The lowest BCUT2D eigenvalue weighted by Gasteiger charge is -2.26. The topological polar surface area (TPSA) is 53.2 Å². The highest BCUT2D eigenvalue weighted by Crippen LogP contribution is 2.42. The summed E-state index contributed by atoms with van der Waals surface area (Å²) < 4.78 is 18.6. The first-order valence-corrected chi connectivity index (χ1v) is 6.00. The van der Waals surface area contributed by atoms with Crippen molar-refractivity contribution in [2.45, 2.75) is 12.5 Å². The lowest BCUT2D eigenvalue weighted by atomic mass is 9.79. The molecule has 3 nitrogen and oxygen atoms in total. The molecule has 0 radical (unpaired) electrons. The average Bonchev–Trinajstić information content (AvgIpc) is 2.78. The summed E-state index contributed by atoms with van der Waals surface area (Å²) in [6, 6.07) is 6.16. The molecule has 1 fully saturated rings. The second-order valence-corrected chi connectivity index (χ2v) is 4.99. The van der Waals surface area contributed by atoms with Crippen molar-refractivity contribution in [1.29, 1.82) is 5.26 Å². The van der Waals surface area contributed by atoms with E-state index in [1.54, 1.807) is 0 Å². The maximum absolute atomic E-state index is 13.0. The van der Waals surface area contributed by atoms with E-state index in [0.29, 0.717) is 23.1 Å². The maximum Gasteiger partial charge on any atom is 0.124 e. The number of nitrogens with zero attached hydrogens (tertiary/aromatic N) is 1. The molecule has 1 aliphatic heterocycles. The van der Waals surface area contributed by atoms with Crippen LogP contribution in [-0.4, -0.2) is 18.3 Å². The normalized spacial score (nSPS) is 25.5. The van der Waals surface area contributed by atoms with Crippen molar-refractivity contribution in [2.24, 2.45) is 5.41 Å². The van der Waals surface area contributed by atoms with E-state index in [0.717, 1.165) is 0 Å². The molecule has 0 aromatic heterocycles. The number of hydrogen-bond acceptors (Lipinski definition) is 3. The largest absolute Gasteiger partial charge is 0.387 e. The van der Waals surface area contributed by atoms with Gasteiger partial charge in [-0.1, -0.05) is 22.0 Å². The standard InChI is InChI=1S/C12H11BrFNO2/c13-10-5-8(14)1-2-9(10)11(16)12(6-15)3-4-17-7-12/h1-2,5,11,16H,3-4,7H2. The van der Waals surface area contributed by atoms with Crippen LogP contribution in [-0.2, 0) is 4.74 Å². The molecule has 1 aliphatic rings. The minimum absolute atomic E-state index is 0.203. The van der Waals surface area contributed by atoms with Gasteiger partial charge in [-0.05, 0) is 24.1 Å². The molecular formula is C12H11BrFNO2. The summed E-state index contributed by atoms with van der Waals surface area (Å²) in [4.78, 5) is 0. The van der Waals surface area contributed by atoms with Gasteiger partial charge in [-0.3, -0.25) is 0 Å². The summed E-state index contributed by atoms with van der Waals surface area (Å²) in [5.41, 5.74) is -0.418. The van der Waals surface area contributed by atoms with Gasteiger partial charge >= 0.3 is 0 Å². The van der Waals surface area contributed by atoms with Crippen LogP contribution in [0.2, 0.25) is 0 Å². The van der Waals surface area contributed by atoms with E-state index >= 15 is 0 Å². The Balaban J connectivity index is 2.36. The van der Waals surface area contributed by atoms with E-state index in [1.807, 2.05) is 0 Å². The Kier molecular flexibility index (Phi) is 3.48. The number of ether oxygens (including phenoxy) is 1. The van der Waals surface area contributed by atoms with Crippen LogP contribution in [0.4, 0.5) is 4.39 Å². The third-order valence-electron chi connectivity index (χ3n) is 3.06. The van der Waals surface area contributed by atoms with Gasteiger partial charge in [0.05, 0.1) is 12.7 Å². The fraction of sp³-hybridized carbons (Fsp3) is 0.417. The zero-order chi connectivity index (χ0) is 12.5. The third kappa shape index (κ3) is 2.21. The van der Waals surface area contributed by atoms with E-state index < -0.39 is 11.5 Å². The highest BCUT2D eigenvalue weighted by atomic mass is 79.9. The summed E-state index contributed by atoms with van der Waals surface area (Å²) in [5, 5.41) is 19.5. The molecular weight excluding hydrogens is 289 g/mol. The zero-order valence-electron chi connectivity index (χ0n) is 8.99. The van der Waals surface area contributed by atoms with Gasteiger partial charge in [-0.25, -0.2) is 4.39 Å². The summed E-state index contributed by atoms with van der Waals surface area (Å²) in [5.74, 6) is -0.387. The predicted molar refractivity (Wildman–Crippen MR) is 62.5 cm³/mol. The Morgan fingerprint density at radius 3 is 2.88 bits per heavy atom. The van der Waals surface area contributed by atoms with Gasteiger partial charge in [-0.15, -0.1) is 0 Å². The van der Waals surface area contributed by atoms with Crippen LogP contribution >= 0.6 is 15.9 Å². The highest BCUT2D eigenvalue weighted by Gasteiger charge is 2.43. The van der Waals surface area contributed by atoms with Crippen LogP contribution in [0, 0.1) is 22.6 Å². The van der Waals surface area contributed by atoms with E-state index in [2.05, 4.69) is 22.0 Å². The van der Waals surface area contributed by atoms with Crippen LogP contribution in [0.15, 0.2) is 22.7 Å². The Morgan fingerprint density at radius 1 is 1.59 bits per heavy atom. The third-order valence-corrected chi connectivity index (χ3v) is 3.74. The van der Waals surface area contributed by atoms with Gasteiger partial charge in [0.15, 0.2) is 0 Å². The van der Waals surface area contributed by atoms with Crippen LogP contribution in [0.5, 0.6) is 0 Å². The van der Waals surface area contributed by atoms with Gasteiger partial charge in [-0.2, -0.15) is 5.26 Å². The number of hydrogen-bond donors (Lipinski definition) is 1. The van der Waals surface area contributed by atoms with Gasteiger partial charge in [0, 0.05) is 11.1 Å². The second kappa shape index (κ2) is 4.73. The molecule has 1 heterocycles. The molecule has 0 saturated carbocycles. The average molecular weight is 300 g/mol. The molecule has 1 N–H and O–H groups in total. The van der Waals surface area contributed by atoms with E-state index in [4.69, 9.17) is 4.74 Å². The number of nitriles is 1. The van der Waals surface area contributed by atoms with Gasteiger partial charge in [0.1, 0.15) is 17.3 Å². The summed E-state index contributed by atoms with van der Waals surface area (Å²) in [7, 11) is 0. The lowest BCUT2D eigenvalue weighted by molar-refractivity contribution is 0.0498. The van der Waals surface area contributed by atoms with E-state index in [-0.39, 0.29) is 12.4 Å². The molecule has 2 atom stereocenters. The molecule has 2 unspecified atom stereocenters. The minimum Gasteiger partial charge on any atom is -0.387 e. The second-order valence-electron chi connectivity index (χ2n) is 4.14. The molecule has 5 heteroatoms. The number of aliphatic hydroxyl groups excluding tert-OH is 1. The summed E-state index contributed by atoms with van der Waals surface area (Å²) in [6.45, 7) is 0.665. The van der Waals surface area contributed by atoms with Crippen LogP contribution in [0.3, 0.4) is 0 Å². The zero-order valence-corrected chi connectivity index (χ0v) is 10.6. The van der Waals surface area contributed by atoms with Crippen LogP contribution < -0.4 is 0 Å². The molecule has 2 rings (SSSR count). The lowest BCUT2D eigenvalue weighted by Crippen LogP contribution is -2.28. The fourth-order valence-electron chi connectivity index (χ4n) is 1.97. The first-order chi connectivity index (χ1) is 8.09. The van der Waals surface area contributed by atoms with Gasteiger partial charge in [0.25, 0.3) is 0 Å². The Labute approximate surface area is 107 Å². The SMILES string of the molecule is N#CC1(C(O)c2ccc(F)cc2Br)CCOC1. The Bertz CT molecular complexity index is 466. The van der Waals surface area contributed by atoms with E-state index in [1.165, 1.54) is 18.2 Å². The predicted octanol–water partition coefficient (Wildman–Crippen LogP) is 2.55. The molecule has 17 heavy (non-hydrogen) atoms. The first-order valence-electron chi connectivity index (χ1n) is 5.21. The molecule has 1 aromatic rings. The van der Waals surface area contributed by atoms with Gasteiger partial charge < -0.3 is 9.84 Å². The summed E-state index contributed by atoms with van der Waals surface area (Å²) in [6.07, 6.45) is -0.501. The number of benzene rings is 1. The molecule has 1 saturated heterocycles. The maximum atomic E-state index is 13.0.